The number of rotatable bonds is 19. The third-order valence-electron chi connectivity index (χ3n) is 4.00. The van der Waals surface area contributed by atoms with Gasteiger partial charge < -0.3 is 18.6 Å². The van der Waals surface area contributed by atoms with Gasteiger partial charge in [0.2, 0.25) is 0 Å². The van der Waals surface area contributed by atoms with Gasteiger partial charge in [0.1, 0.15) is 0 Å². The Hall–Kier alpha value is 0.0569. The SMILES string of the molecule is CCCCNCCC[Si](OCCCC)(OCCCC)OCCCC. The van der Waals surface area contributed by atoms with Gasteiger partial charge in [0.05, 0.1) is 0 Å². The topological polar surface area (TPSA) is 39.7 Å². The molecule has 0 aliphatic heterocycles. The predicted octanol–water partition coefficient (Wildman–Crippen LogP) is 5.16. The molecular formula is C19H43NO3Si. The van der Waals surface area contributed by atoms with Crippen molar-refractivity contribution < 1.29 is 13.3 Å². The standard InChI is InChI=1S/C19H43NO3Si/c1-5-9-14-20-15-13-19-24(21-16-10-6-2,22-17-11-7-3)23-18-12-8-4/h20H,5-19H2,1-4H3. The molecule has 4 nitrogen and oxygen atoms in total. The molecule has 0 rings (SSSR count). The molecular weight excluding hydrogens is 318 g/mol. The molecule has 146 valence electrons. The van der Waals surface area contributed by atoms with E-state index in [9.17, 15) is 0 Å². The zero-order valence-corrected chi connectivity index (χ0v) is 17.8. The molecule has 0 bridgehead atoms. The second kappa shape index (κ2) is 17.9. The summed E-state index contributed by atoms with van der Waals surface area (Å²) < 4.78 is 18.8. The Bertz CT molecular complexity index is 228. The Morgan fingerprint density at radius 1 is 0.583 bits per heavy atom. The molecule has 0 unspecified atom stereocenters. The van der Waals surface area contributed by atoms with Gasteiger partial charge in [0.15, 0.2) is 0 Å². The summed E-state index contributed by atoms with van der Waals surface area (Å²) in [6.45, 7) is 13.2. The summed E-state index contributed by atoms with van der Waals surface area (Å²) in [6, 6.07) is 0.934. The summed E-state index contributed by atoms with van der Waals surface area (Å²) in [4.78, 5) is 0. The van der Waals surface area contributed by atoms with Gasteiger partial charge in [-0.1, -0.05) is 53.4 Å². The average Bonchev–Trinajstić information content (AvgIpc) is 2.58. The van der Waals surface area contributed by atoms with Gasteiger partial charge in [-0.05, 0) is 45.2 Å². The van der Waals surface area contributed by atoms with Gasteiger partial charge in [0, 0.05) is 25.9 Å². The maximum Gasteiger partial charge on any atom is 0.501 e. The first kappa shape index (κ1) is 24.1. The van der Waals surface area contributed by atoms with Crippen LogP contribution in [0, 0.1) is 0 Å². The van der Waals surface area contributed by atoms with Crippen LogP contribution in [0.15, 0.2) is 0 Å². The lowest BCUT2D eigenvalue weighted by Gasteiger charge is -2.30. The fourth-order valence-corrected chi connectivity index (χ4v) is 4.97. The first-order valence-electron chi connectivity index (χ1n) is 10.4. The van der Waals surface area contributed by atoms with E-state index in [-0.39, 0.29) is 0 Å². The van der Waals surface area contributed by atoms with Crippen molar-refractivity contribution in [3.63, 3.8) is 0 Å². The Kier molecular flexibility index (Phi) is 17.9. The molecule has 0 saturated carbocycles. The van der Waals surface area contributed by atoms with Crippen LogP contribution in [0.3, 0.4) is 0 Å². The molecule has 0 heterocycles. The lowest BCUT2D eigenvalue weighted by molar-refractivity contribution is 0.0558. The quantitative estimate of drug-likeness (QED) is 0.255. The third-order valence-corrected chi connectivity index (χ3v) is 6.90. The minimum Gasteiger partial charge on any atom is -0.373 e. The van der Waals surface area contributed by atoms with Crippen molar-refractivity contribution in [2.45, 2.75) is 91.5 Å². The fourth-order valence-electron chi connectivity index (χ4n) is 2.31. The Morgan fingerprint density at radius 3 is 1.42 bits per heavy atom. The van der Waals surface area contributed by atoms with E-state index in [4.69, 9.17) is 13.3 Å². The van der Waals surface area contributed by atoms with Gasteiger partial charge in [-0.25, -0.2) is 0 Å². The van der Waals surface area contributed by atoms with E-state index >= 15 is 0 Å². The van der Waals surface area contributed by atoms with Crippen LogP contribution in [0.5, 0.6) is 0 Å². The summed E-state index contributed by atoms with van der Waals surface area (Å²) in [6.07, 6.45) is 10.2. The lowest BCUT2D eigenvalue weighted by atomic mass is 10.3. The number of hydrogen-bond acceptors (Lipinski definition) is 4. The van der Waals surface area contributed by atoms with E-state index in [1.807, 2.05) is 0 Å². The van der Waals surface area contributed by atoms with Crippen LogP contribution < -0.4 is 5.32 Å². The molecule has 0 aliphatic rings. The van der Waals surface area contributed by atoms with Crippen molar-refractivity contribution in [2.75, 3.05) is 32.9 Å². The van der Waals surface area contributed by atoms with E-state index in [1.54, 1.807) is 0 Å². The van der Waals surface area contributed by atoms with Crippen LogP contribution in [0.25, 0.3) is 0 Å². The lowest BCUT2D eigenvalue weighted by Crippen LogP contribution is -2.47. The highest BCUT2D eigenvalue weighted by Gasteiger charge is 2.40. The fraction of sp³-hybridized carbons (Fsp3) is 1.00. The minimum absolute atomic E-state index is 0.768. The van der Waals surface area contributed by atoms with Crippen molar-refractivity contribution in [1.29, 1.82) is 0 Å². The maximum absolute atomic E-state index is 6.26. The summed E-state index contributed by atoms with van der Waals surface area (Å²) in [7, 11) is -2.52. The van der Waals surface area contributed by atoms with Crippen molar-refractivity contribution >= 4 is 8.80 Å². The van der Waals surface area contributed by atoms with Gasteiger partial charge in [-0.15, -0.1) is 0 Å². The first-order chi connectivity index (χ1) is 11.7. The molecule has 0 atom stereocenters. The van der Waals surface area contributed by atoms with Crippen molar-refractivity contribution in [3.05, 3.63) is 0 Å². The van der Waals surface area contributed by atoms with Gasteiger partial charge in [0.25, 0.3) is 0 Å². The smallest absolute Gasteiger partial charge is 0.373 e. The number of unbranched alkanes of at least 4 members (excludes halogenated alkanes) is 4. The van der Waals surface area contributed by atoms with E-state index in [2.05, 4.69) is 33.0 Å². The Labute approximate surface area is 152 Å². The number of nitrogens with one attached hydrogen (secondary N) is 1. The highest BCUT2D eigenvalue weighted by Crippen LogP contribution is 2.20. The summed E-state index contributed by atoms with van der Waals surface area (Å²) in [5.41, 5.74) is 0. The molecule has 0 aliphatic carbocycles. The maximum atomic E-state index is 6.26. The molecule has 1 N–H and O–H groups in total. The predicted molar refractivity (Wildman–Crippen MR) is 106 cm³/mol. The van der Waals surface area contributed by atoms with Crippen molar-refractivity contribution in [2.24, 2.45) is 0 Å². The normalized spacial score (nSPS) is 12.0. The van der Waals surface area contributed by atoms with Gasteiger partial charge in [-0.2, -0.15) is 0 Å². The molecule has 0 spiro atoms. The van der Waals surface area contributed by atoms with Gasteiger partial charge >= 0.3 is 8.80 Å². The highest BCUT2D eigenvalue weighted by molar-refractivity contribution is 6.60. The summed E-state index contributed by atoms with van der Waals surface area (Å²) in [5, 5.41) is 3.52. The van der Waals surface area contributed by atoms with Crippen molar-refractivity contribution in [1.82, 2.24) is 5.32 Å². The van der Waals surface area contributed by atoms with Crippen LogP contribution >= 0.6 is 0 Å². The van der Waals surface area contributed by atoms with Crippen LogP contribution in [0.1, 0.15) is 85.5 Å². The molecule has 0 saturated heterocycles. The second-order valence-electron chi connectivity index (χ2n) is 6.50. The van der Waals surface area contributed by atoms with Crippen LogP contribution in [-0.4, -0.2) is 41.7 Å². The van der Waals surface area contributed by atoms with Crippen LogP contribution in [-0.2, 0) is 13.3 Å². The monoisotopic (exact) mass is 361 g/mol. The molecule has 0 radical (unpaired) electrons. The number of hydrogen-bond donors (Lipinski definition) is 1. The molecule has 24 heavy (non-hydrogen) atoms. The summed E-state index contributed by atoms with van der Waals surface area (Å²) in [5.74, 6) is 0. The van der Waals surface area contributed by atoms with Crippen molar-refractivity contribution in [3.8, 4) is 0 Å². The molecule has 5 heteroatoms. The van der Waals surface area contributed by atoms with E-state index < -0.39 is 8.80 Å². The third kappa shape index (κ3) is 13.4. The molecule has 0 aromatic rings. The van der Waals surface area contributed by atoms with E-state index in [0.29, 0.717) is 0 Å². The average molecular weight is 362 g/mol. The molecule has 0 aromatic carbocycles. The first-order valence-corrected chi connectivity index (χ1v) is 12.3. The molecule has 0 amide bonds. The van der Waals surface area contributed by atoms with E-state index in [1.165, 1.54) is 12.8 Å². The molecule has 0 aromatic heterocycles. The zero-order chi connectivity index (χ0) is 17.9. The Morgan fingerprint density at radius 2 is 1.00 bits per heavy atom. The highest BCUT2D eigenvalue weighted by atomic mass is 28.4. The zero-order valence-electron chi connectivity index (χ0n) is 16.8. The largest absolute Gasteiger partial charge is 0.501 e. The van der Waals surface area contributed by atoms with Crippen LogP contribution in [0.4, 0.5) is 0 Å². The Balaban J connectivity index is 4.48. The minimum atomic E-state index is -2.52. The summed E-state index contributed by atoms with van der Waals surface area (Å²) >= 11 is 0. The van der Waals surface area contributed by atoms with Crippen LogP contribution in [0.2, 0.25) is 6.04 Å². The van der Waals surface area contributed by atoms with E-state index in [0.717, 1.165) is 83.9 Å². The van der Waals surface area contributed by atoms with Gasteiger partial charge in [-0.3, -0.25) is 0 Å². The molecule has 0 fully saturated rings. The second-order valence-corrected chi connectivity index (χ2v) is 9.23.